The predicted octanol–water partition coefficient (Wildman–Crippen LogP) is 3.81. The molecular weight excluding hydrogens is 182 g/mol. The van der Waals surface area contributed by atoms with Crippen LogP contribution in [0.15, 0.2) is 48.3 Å². The van der Waals surface area contributed by atoms with E-state index in [2.05, 4.69) is 0 Å². The summed E-state index contributed by atoms with van der Waals surface area (Å²) >= 11 is 0. The molecule has 0 aliphatic rings. The van der Waals surface area contributed by atoms with E-state index < -0.39 is 12.1 Å². The van der Waals surface area contributed by atoms with Gasteiger partial charge in [-0.05, 0) is 19.0 Å². The third-order valence-electron chi connectivity index (χ3n) is 2.44. The lowest BCUT2D eigenvalue weighted by atomic mass is 10.2. The van der Waals surface area contributed by atoms with Gasteiger partial charge < -0.3 is 4.57 Å². The van der Waals surface area contributed by atoms with Gasteiger partial charge in [0.05, 0.1) is 11.0 Å². The maximum atomic E-state index is 8.13. The number of rotatable bonds is 1. The van der Waals surface area contributed by atoms with Crippen molar-refractivity contribution < 1.29 is 11.0 Å². The van der Waals surface area contributed by atoms with Crippen LogP contribution in [-0.2, 0) is 6.54 Å². The van der Waals surface area contributed by atoms with E-state index in [1.165, 1.54) is 4.57 Å². The molecule has 3 rings (SSSR count). The summed E-state index contributed by atoms with van der Waals surface area (Å²) in [6.07, 6.45) is 0. The van der Waals surface area contributed by atoms with Crippen LogP contribution in [0.3, 0.4) is 0 Å². The lowest BCUT2D eigenvalue weighted by Crippen LogP contribution is -1.91. The second-order valence-electron chi connectivity index (χ2n) is 3.19. The topological polar surface area (TPSA) is 4.93 Å². The van der Waals surface area contributed by atoms with E-state index in [9.17, 15) is 0 Å². The summed E-state index contributed by atoms with van der Waals surface area (Å²) in [7, 11) is 0. The van der Waals surface area contributed by atoms with Crippen LogP contribution >= 0.6 is 0 Å². The van der Waals surface area contributed by atoms with E-state index in [-0.39, 0.29) is 58.1 Å². The Morgan fingerprint density at radius 1 is 0.933 bits per heavy atom. The molecule has 0 radical (unpaired) electrons. The molecule has 74 valence electrons. The van der Waals surface area contributed by atoms with Crippen LogP contribution in [-0.4, -0.2) is 4.57 Å². The number of fused-ring (bicyclic) bond motifs is 3. The number of aryl methyl sites for hydroxylation is 1. The van der Waals surface area contributed by atoms with Crippen LogP contribution in [0.2, 0.25) is 0 Å². The van der Waals surface area contributed by atoms with Crippen LogP contribution < -0.4 is 0 Å². The van der Waals surface area contributed by atoms with Gasteiger partial charge in [0.1, 0.15) is 0 Å². The average molecular weight is 203 g/mol. The highest BCUT2D eigenvalue weighted by atomic mass is 15.0. The van der Waals surface area contributed by atoms with E-state index in [1.54, 1.807) is 6.92 Å². The van der Waals surface area contributed by atoms with Gasteiger partial charge in [0.15, 0.2) is 0 Å². The number of benzene rings is 2. The third-order valence-corrected chi connectivity index (χ3v) is 2.44. The summed E-state index contributed by atoms with van der Waals surface area (Å²) in [6.45, 7) is 2.09. The molecule has 0 aliphatic heterocycles. The zero-order valence-corrected chi connectivity index (χ0v) is 8.15. The standard InChI is InChI=1S/C14H13N/c1-2-15-13-9-5-3-7-11(13)12-8-4-6-10-14(12)15/h3-10H,2H2,1H3/i3D,4D,5D,6D,7D,8D,9D,10D. The van der Waals surface area contributed by atoms with E-state index in [4.69, 9.17) is 11.0 Å². The number of hydrogen-bond acceptors (Lipinski definition) is 0. The summed E-state index contributed by atoms with van der Waals surface area (Å²) in [4.78, 5) is 0. The lowest BCUT2D eigenvalue weighted by molar-refractivity contribution is 0.827. The Labute approximate surface area is 100 Å². The van der Waals surface area contributed by atoms with Crippen LogP contribution in [0.5, 0.6) is 0 Å². The first-order valence-electron chi connectivity index (χ1n) is 8.72. The monoisotopic (exact) mass is 203 g/mol. The summed E-state index contributed by atoms with van der Waals surface area (Å²) in [6, 6.07) is -2.64. The number of para-hydroxylation sites is 2. The Morgan fingerprint density at radius 3 is 1.87 bits per heavy atom. The Morgan fingerprint density at radius 2 is 1.40 bits per heavy atom. The van der Waals surface area contributed by atoms with Gasteiger partial charge in [0.2, 0.25) is 0 Å². The van der Waals surface area contributed by atoms with Gasteiger partial charge in [-0.2, -0.15) is 0 Å². The van der Waals surface area contributed by atoms with Crippen LogP contribution in [0.4, 0.5) is 0 Å². The summed E-state index contributed by atoms with van der Waals surface area (Å²) in [5.41, 5.74) is 0.418. The first-order valence-corrected chi connectivity index (χ1v) is 4.72. The summed E-state index contributed by atoms with van der Waals surface area (Å²) in [5.74, 6) is 0. The minimum Gasteiger partial charge on any atom is -0.341 e. The van der Waals surface area contributed by atoms with Crippen molar-refractivity contribution in [1.82, 2.24) is 4.57 Å². The van der Waals surface area contributed by atoms with Gasteiger partial charge in [0, 0.05) is 28.4 Å². The van der Waals surface area contributed by atoms with E-state index in [1.807, 2.05) is 0 Å². The van der Waals surface area contributed by atoms with Crippen molar-refractivity contribution in [3.63, 3.8) is 0 Å². The SMILES string of the molecule is [2H]c1c([2H])c([2H])c2c(c1[2H])c1c([2H])c([2H])c([2H])c([2H])c1n2CC. The van der Waals surface area contributed by atoms with Crippen molar-refractivity contribution in [2.24, 2.45) is 0 Å². The van der Waals surface area contributed by atoms with Gasteiger partial charge in [-0.1, -0.05) is 36.3 Å². The number of aromatic nitrogens is 1. The molecule has 1 heteroatoms. The first-order chi connectivity index (χ1) is 10.7. The van der Waals surface area contributed by atoms with Crippen molar-refractivity contribution in [2.75, 3.05) is 0 Å². The zero-order valence-electron chi connectivity index (χ0n) is 16.2. The largest absolute Gasteiger partial charge is 0.341 e. The number of nitrogens with zero attached hydrogens (tertiary/aromatic N) is 1. The molecule has 15 heavy (non-hydrogen) atoms. The highest BCUT2D eigenvalue weighted by Gasteiger charge is 2.06. The molecular formula is C14H13N. The molecule has 0 saturated heterocycles. The molecule has 0 bridgehead atoms. The fourth-order valence-corrected chi connectivity index (χ4v) is 1.81. The maximum absolute atomic E-state index is 8.13. The fraction of sp³-hybridized carbons (Fsp3) is 0.143. The number of hydrogen-bond donors (Lipinski definition) is 0. The predicted molar refractivity (Wildman–Crippen MR) is 65.1 cm³/mol. The normalized spacial score (nSPS) is 18.7. The lowest BCUT2D eigenvalue weighted by Gasteiger charge is -2.01. The Hall–Kier alpha value is -1.76. The molecule has 3 aromatic rings. The molecule has 0 spiro atoms. The average Bonchev–Trinajstić information content (AvgIpc) is 2.89. The van der Waals surface area contributed by atoms with Crippen molar-refractivity contribution in [2.45, 2.75) is 13.5 Å². The fourth-order valence-electron chi connectivity index (χ4n) is 1.81. The molecule has 0 fully saturated rings. The van der Waals surface area contributed by atoms with Gasteiger partial charge in [-0.3, -0.25) is 0 Å². The molecule has 0 N–H and O–H groups in total. The summed E-state index contributed by atoms with van der Waals surface area (Å²) in [5, 5.41) is 0.278. The summed E-state index contributed by atoms with van der Waals surface area (Å²) < 4.78 is 65.4. The minimum absolute atomic E-state index is 0.139. The second-order valence-corrected chi connectivity index (χ2v) is 3.19. The van der Waals surface area contributed by atoms with Crippen LogP contribution in [0, 0.1) is 0 Å². The van der Waals surface area contributed by atoms with Gasteiger partial charge in [-0.15, -0.1) is 0 Å². The Balaban J connectivity index is 2.82. The highest BCUT2D eigenvalue weighted by molar-refractivity contribution is 6.07. The Bertz CT molecular complexity index is 911. The third kappa shape index (κ3) is 1.09. The van der Waals surface area contributed by atoms with Gasteiger partial charge in [-0.25, -0.2) is 0 Å². The molecule has 0 atom stereocenters. The molecule has 1 heterocycles. The van der Waals surface area contributed by atoms with Crippen LogP contribution in [0.25, 0.3) is 21.8 Å². The second kappa shape index (κ2) is 3.13. The van der Waals surface area contributed by atoms with E-state index in [0.29, 0.717) is 6.54 Å². The van der Waals surface area contributed by atoms with Crippen LogP contribution in [0.1, 0.15) is 17.9 Å². The van der Waals surface area contributed by atoms with Crippen molar-refractivity contribution in [3.8, 4) is 0 Å². The van der Waals surface area contributed by atoms with Crippen molar-refractivity contribution >= 4 is 21.8 Å². The minimum atomic E-state index is -0.412. The molecule has 1 aromatic heterocycles. The van der Waals surface area contributed by atoms with Gasteiger partial charge >= 0.3 is 0 Å². The van der Waals surface area contributed by atoms with E-state index >= 15 is 0 Å². The maximum Gasteiger partial charge on any atom is 0.0645 e. The molecule has 2 aromatic carbocycles. The van der Waals surface area contributed by atoms with Crippen molar-refractivity contribution in [3.05, 3.63) is 48.3 Å². The van der Waals surface area contributed by atoms with E-state index in [0.717, 1.165) is 0 Å². The Kier molecular flexibility index (Phi) is 0.765. The molecule has 0 amide bonds. The van der Waals surface area contributed by atoms with Gasteiger partial charge in [0.25, 0.3) is 0 Å². The molecule has 1 nitrogen and oxygen atoms in total. The molecule has 0 unspecified atom stereocenters. The van der Waals surface area contributed by atoms with Crippen molar-refractivity contribution in [1.29, 1.82) is 0 Å². The quantitative estimate of drug-likeness (QED) is 0.566. The first kappa shape index (κ1) is 3.67. The molecule has 0 saturated carbocycles. The highest BCUT2D eigenvalue weighted by Crippen LogP contribution is 2.28. The smallest absolute Gasteiger partial charge is 0.0645 e. The molecule has 0 aliphatic carbocycles. The zero-order chi connectivity index (χ0) is 17.2.